The zero-order valence-electron chi connectivity index (χ0n) is 9.60. The molecule has 0 amide bonds. The molecule has 0 bridgehead atoms. The largest absolute Gasteiger partial charge is 0.457 e. The Kier molecular flexibility index (Phi) is 3.10. The molecule has 0 radical (unpaired) electrons. The van der Waals surface area contributed by atoms with Crippen LogP contribution in [-0.2, 0) is 0 Å². The maximum Gasteiger partial charge on any atom is 0.127 e. The van der Waals surface area contributed by atoms with Gasteiger partial charge >= 0.3 is 0 Å². The third-order valence-corrected chi connectivity index (χ3v) is 2.39. The molecule has 0 aliphatic rings. The van der Waals surface area contributed by atoms with E-state index in [0.29, 0.717) is 5.56 Å². The fourth-order valence-corrected chi connectivity index (χ4v) is 1.52. The highest BCUT2D eigenvalue weighted by Crippen LogP contribution is 2.22. The summed E-state index contributed by atoms with van der Waals surface area (Å²) in [7, 11) is 0. The molecule has 0 aromatic heterocycles. The summed E-state index contributed by atoms with van der Waals surface area (Å²) in [6.07, 6.45) is 0. The number of ether oxygens (including phenoxy) is 1. The van der Waals surface area contributed by atoms with Crippen molar-refractivity contribution in [2.24, 2.45) is 5.73 Å². The summed E-state index contributed by atoms with van der Waals surface area (Å²) in [4.78, 5) is 0. The Morgan fingerprint density at radius 2 is 1.76 bits per heavy atom. The first-order valence-corrected chi connectivity index (χ1v) is 5.34. The highest BCUT2D eigenvalue weighted by Gasteiger charge is 1.99. The normalized spacial score (nSPS) is 9.94. The molecule has 0 aliphatic heterocycles. The summed E-state index contributed by atoms with van der Waals surface area (Å²) in [5.74, 6) is 1.60. The van der Waals surface area contributed by atoms with Crippen LogP contribution in [0.15, 0.2) is 48.5 Å². The van der Waals surface area contributed by atoms with Gasteiger partial charge in [0.15, 0.2) is 0 Å². The second-order valence-corrected chi connectivity index (χ2v) is 3.86. The van der Waals surface area contributed by atoms with Crippen LogP contribution in [-0.4, -0.2) is 5.84 Å². The van der Waals surface area contributed by atoms with Gasteiger partial charge in [-0.05, 0) is 48.9 Å². The molecule has 0 heterocycles. The van der Waals surface area contributed by atoms with Crippen molar-refractivity contribution < 1.29 is 4.74 Å². The first-order chi connectivity index (χ1) is 8.15. The quantitative estimate of drug-likeness (QED) is 0.624. The number of aryl methyl sites for hydroxylation is 1. The van der Waals surface area contributed by atoms with Crippen LogP contribution in [0.2, 0.25) is 0 Å². The van der Waals surface area contributed by atoms with Gasteiger partial charge in [0.25, 0.3) is 0 Å². The molecule has 3 heteroatoms. The van der Waals surface area contributed by atoms with Crippen LogP contribution < -0.4 is 10.5 Å². The molecule has 0 aliphatic carbocycles. The topological polar surface area (TPSA) is 59.1 Å². The number of rotatable bonds is 3. The lowest BCUT2D eigenvalue weighted by Gasteiger charge is -2.06. The highest BCUT2D eigenvalue weighted by molar-refractivity contribution is 5.94. The van der Waals surface area contributed by atoms with Gasteiger partial charge in [-0.25, -0.2) is 0 Å². The summed E-state index contributed by atoms with van der Waals surface area (Å²) in [5, 5.41) is 7.29. The minimum absolute atomic E-state index is 0.0621. The van der Waals surface area contributed by atoms with E-state index in [2.05, 4.69) is 0 Å². The van der Waals surface area contributed by atoms with Gasteiger partial charge < -0.3 is 10.5 Å². The van der Waals surface area contributed by atoms with Crippen molar-refractivity contribution >= 4 is 5.84 Å². The van der Waals surface area contributed by atoms with Gasteiger partial charge in [-0.15, -0.1) is 0 Å². The first-order valence-electron chi connectivity index (χ1n) is 5.34. The van der Waals surface area contributed by atoms with Crippen LogP contribution in [0.4, 0.5) is 0 Å². The smallest absolute Gasteiger partial charge is 0.127 e. The molecule has 3 nitrogen and oxygen atoms in total. The molecule has 2 aromatic carbocycles. The Bertz CT molecular complexity index is 532. The van der Waals surface area contributed by atoms with Gasteiger partial charge in [0.05, 0.1) is 0 Å². The van der Waals surface area contributed by atoms with Crippen molar-refractivity contribution in [1.82, 2.24) is 0 Å². The van der Waals surface area contributed by atoms with E-state index in [1.807, 2.05) is 31.2 Å². The van der Waals surface area contributed by atoms with Crippen LogP contribution in [0.1, 0.15) is 11.1 Å². The fraction of sp³-hybridized carbons (Fsp3) is 0.0714. The maximum absolute atomic E-state index is 7.29. The number of hydrogen-bond donors (Lipinski definition) is 2. The lowest BCUT2D eigenvalue weighted by atomic mass is 10.2. The lowest BCUT2D eigenvalue weighted by Crippen LogP contribution is -2.10. The van der Waals surface area contributed by atoms with E-state index < -0.39 is 0 Å². The number of nitrogens with two attached hydrogens (primary N) is 1. The molecule has 0 unspecified atom stereocenters. The molecular formula is C14H14N2O. The fourth-order valence-electron chi connectivity index (χ4n) is 1.52. The molecule has 0 spiro atoms. The second kappa shape index (κ2) is 4.70. The second-order valence-electron chi connectivity index (χ2n) is 3.86. The van der Waals surface area contributed by atoms with Crippen molar-refractivity contribution in [3.63, 3.8) is 0 Å². The molecule has 0 atom stereocenters. The van der Waals surface area contributed by atoms with E-state index in [-0.39, 0.29) is 5.84 Å². The van der Waals surface area contributed by atoms with Gasteiger partial charge in [0.2, 0.25) is 0 Å². The molecule has 3 N–H and O–H groups in total. The van der Waals surface area contributed by atoms with Crippen LogP contribution in [0.25, 0.3) is 0 Å². The monoisotopic (exact) mass is 226 g/mol. The predicted molar refractivity (Wildman–Crippen MR) is 68.7 cm³/mol. The van der Waals surface area contributed by atoms with E-state index in [9.17, 15) is 0 Å². The minimum atomic E-state index is 0.0621. The Morgan fingerprint density at radius 3 is 2.35 bits per heavy atom. The van der Waals surface area contributed by atoms with E-state index in [1.54, 1.807) is 24.3 Å². The highest BCUT2D eigenvalue weighted by atomic mass is 16.5. The lowest BCUT2D eigenvalue weighted by molar-refractivity contribution is 0.482. The van der Waals surface area contributed by atoms with E-state index in [0.717, 1.165) is 17.1 Å². The molecule has 2 rings (SSSR count). The molecule has 0 saturated heterocycles. The average Bonchev–Trinajstić information content (AvgIpc) is 2.29. The number of hydrogen-bond acceptors (Lipinski definition) is 2. The van der Waals surface area contributed by atoms with Crippen molar-refractivity contribution in [2.75, 3.05) is 0 Å². The van der Waals surface area contributed by atoms with Crippen LogP contribution >= 0.6 is 0 Å². The number of nitrogen functional groups attached to an aromatic ring is 1. The van der Waals surface area contributed by atoms with Gasteiger partial charge in [0.1, 0.15) is 17.3 Å². The maximum atomic E-state index is 7.29. The van der Waals surface area contributed by atoms with Crippen LogP contribution in [0.3, 0.4) is 0 Å². The van der Waals surface area contributed by atoms with Crippen LogP contribution in [0.5, 0.6) is 11.5 Å². The third-order valence-electron chi connectivity index (χ3n) is 2.39. The summed E-state index contributed by atoms with van der Waals surface area (Å²) >= 11 is 0. The molecule has 17 heavy (non-hydrogen) atoms. The van der Waals surface area contributed by atoms with Gasteiger partial charge in [-0.2, -0.15) is 0 Å². The Hall–Kier alpha value is -2.29. The Morgan fingerprint density at radius 1 is 1.06 bits per heavy atom. The van der Waals surface area contributed by atoms with Crippen LogP contribution in [0, 0.1) is 12.3 Å². The minimum Gasteiger partial charge on any atom is -0.457 e. The standard InChI is InChI=1S/C14H14N2O/c1-10-3-2-4-13(9-10)17-12-7-5-11(6-8-12)14(15)16/h2-9H,1H3,(H3,15,16). The van der Waals surface area contributed by atoms with Crippen molar-refractivity contribution in [3.8, 4) is 11.5 Å². The number of benzene rings is 2. The first kappa shape index (κ1) is 11.2. The third kappa shape index (κ3) is 2.84. The molecule has 2 aromatic rings. The molecule has 86 valence electrons. The molecule has 0 fully saturated rings. The van der Waals surface area contributed by atoms with Gasteiger partial charge in [-0.1, -0.05) is 12.1 Å². The Balaban J connectivity index is 2.16. The van der Waals surface area contributed by atoms with Crippen molar-refractivity contribution in [2.45, 2.75) is 6.92 Å². The van der Waals surface area contributed by atoms with E-state index >= 15 is 0 Å². The SMILES string of the molecule is Cc1cccc(Oc2ccc(C(=N)N)cc2)c1. The predicted octanol–water partition coefficient (Wildman–Crippen LogP) is 3.07. The van der Waals surface area contributed by atoms with Crippen molar-refractivity contribution in [1.29, 1.82) is 5.41 Å². The average molecular weight is 226 g/mol. The van der Waals surface area contributed by atoms with E-state index in [4.69, 9.17) is 15.9 Å². The van der Waals surface area contributed by atoms with Gasteiger partial charge in [-0.3, -0.25) is 5.41 Å². The Labute approximate surface area is 100 Å². The number of nitrogens with one attached hydrogen (secondary N) is 1. The summed E-state index contributed by atoms with van der Waals surface area (Å²) in [6.45, 7) is 2.02. The summed E-state index contributed by atoms with van der Waals surface area (Å²) in [6, 6.07) is 15.0. The molecule has 0 saturated carbocycles. The number of amidine groups is 1. The van der Waals surface area contributed by atoms with Crippen molar-refractivity contribution in [3.05, 3.63) is 59.7 Å². The summed E-state index contributed by atoms with van der Waals surface area (Å²) in [5.41, 5.74) is 7.23. The van der Waals surface area contributed by atoms with E-state index in [1.165, 1.54) is 0 Å². The zero-order valence-corrected chi connectivity index (χ0v) is 9.60. The summed E-state index contributed by atoms with van der Waals surface area (Å²) < 4.78 is 5.68. The molecular weight excluding hydrogens is 212 g/mol. The van der Waals surface area contributed by atoms with Gasteiger partial charge in [0, 0.05) is 5.56 Å². The zero-order chi connectivity index (χ0) is 12.3.